The van der Waals surface area contributed by atoms with Gasteiger partial charge in [0.2, 0.25) is 0 Å². The van der Waals surface area contributed by atoms with E-state index in [4.69, 9.17) is 0 Å². The number of rotatable bonds is 0. The highest BCUT2D eigenvalue weighted by Crippen LogP contribution is 2.28. The molecule has 0 nitrogen and oxygen atoms in total. The van der Waals surface area contributed by atoms with Gasteiger partial charge >= 0.3 is 0 Å². The lowest BCUT2D eigenvalue weighted by Gasteiger charge is -1.97. The summed E-state index contributed by atoms with van der Waals surface area (Å²) < 4.78 is 1.37. The summed E-state index contributed by atoms with van der Waals surface area (Å²) >= 11 is 1.80. The molecule has 0 N–H and O–H groups in total. The highest BCUT2D eigenvalue weighted by Gasteiger charge is 1.98. The third-order valence-electron chi connectivity index (χ3n) is 3.03. The van der Waals surface area contributed by atoms with Gasteiger partial charge in [0.1, 0.15) is 0 Å². The Morgan fingerprint density at radius 1 is 0.526 bits per heavy atom. The van der Waals surface area contributed by atoms with Crippen molar-refractivity contribution in [2.75, 3.05) is 0 Å². The zero-order valence-electron chi connectivity index (χ0n) is 10.5. The number of hydrogen-bond donors (Lipinski definition) is 0. The Hall–Kier alpha value is -2.12. The summed E-state index contributed by atoms with van der Waals surface area (Å²) in [5.41, 5.74) is 0. The van der Waals surface area contributed by atoms with Gasteiger partial charge in [-0.3, -0.25) is 0 Å². The molecule has 1 heterocycles. The van der Waals surface area contributed by atoms with E-state index < -0.39 is 0 Å². The van der Waals surface area contributed by atoms with Gasteiger partial charge in [-0.25, -0.2) is 0 Å². The summed E-state index contributed by atoms with van der Waals surface area (Å²) in [6, 6.07) is 27.1. The molecule has 4 rings (SSSR count). The second-order valence-corrected chi connectivity index (χ2v) is 5.22. The van der Waals surface area contributed by atoms with Gasteiger partial charge in [0.05, 0.1) is 0 Å². The highest BCUT2D eigenvalue weighted by atomic mass is 32.1. The topological polar surface area (TPSA) is 0 Å². The van der Waals surface area contributed by atoms with Gasteiger partial charge in [0.15, 0.2) is 0 Å². The fraction of sp³-hybridized carbons (Fsp3) is 0. The largest absolute Gasteiger partial charge is 0.144 e. The van der Waals surface area contributed by atoms with Crippen molar-refractivity contribution in [1.29, 1.82) is 0 Å². The lowest BCUT2D eigenvalue weighted by Crippen LogP contribution is -1.70. The standard InChI is InChI=1S/C12H8S.C6H6/c1-2-4-10-9(3-1)5-6-12-11(10)7-8-13-12;1-2-4-6-5-3-1/h1-8H;1-6H. The van der Waals surface area contributed by atoms with Gasteiger partial charge in [0.25, 0.3) is 0 Å². The second-order valence-electron chi connectivity index (χ2n) is 4.27. The Balaban J connectivity index is 0.000000155. The molecule has 0 saturated heterocycles. The molecule has 0 radical (unpaired) electrons. The van der Waals surface area contributed by atoms with Crippen LogP contribution in [0.5, 0.6) is 0 Å². The van der Waals surface area contributed by atoms with E-state index in [-0.39, 0.29) is 0 Å². The van der Waals surface area contributed by atoms with Crippen LogP contribution in [0.4, 0.5) is 0 Å². The second kappa shape index (κ2) is 5.68. The predicted octanol–water partition coefficient (Wildman–Crippen LogP) is 5.74. The number of hydrogen-bond acceptors (Lipinski definition) is 1. The normalized spacial score (nSPS) is 10.1. The van der Waals surface area contributed by atoms with Crippen LogP contribution < -0.4 is 0 Å². The van der Waals surface area contributed by atoms with Crippen LogP contribution in [0.25, 0.3) is 20.9 Å². The molecular formula is C18H14S. The maximum Gasteiger partial charge on any atom is 0.0349 e. The van der Waals surface area contributed by atoms with E-state index in [1.54, 1.807) is 11.3 Å². The van der Waals surface area contributed by atoms with Gasteiger partial charge in [-0.2, -0.15) is 0 Å². The lowest BCUT2D eigenvalue weighted by molar-refractivity contribution is 1.72. The number of thiophene rings is 1. The van der Waals surface area contributed by atoms with Gasteiger partial charge in [-0.15, -0.1) is 11.3 Å². The van der Waals surface area contributed by atoms with E-state index >= 15 is 0 Å². The minimum absolute atomic E-state index is 1.33. The van der Waals surface area contributed by atoms with E-state index in [1.807, 2.05) is 36.4 Å². The first-order chi connectivity index (χ1) is 9.45. The van der Waals surface area contributed by atoms with Crippen LogP contribution in [0.2, 0.25) is 0 Å². The Kier molecular flexibility index (Phi) is 3.57. The summed E-state index contributed by atoms with van der Waals surface area (Å²) in [7, 11) is 0. The average molecular weight is 262 g/mol. The summed E-state index contributed by atoms with van der Waals surface area (Å²) in [5, 5.41) is 6.22. The number of benzene rings is 3. The molecule has 0 aliphatic rings. The van der Waals surface area contributed by atoms with Crippen LogP contribution in [-0.2, 0) is 0 Å². The molecule has 4 aromatic rings. The van der Waals surface area contributed by atoms with Crippen LogP contribution >= 0.6 is 11.3 Å². The number of fused-ring (bicyclic) bond motifs is 3. The molecular weight excluding hydrogens is 248 g/mol. The summed E-state index contributed by atoms with van der Waals surface area (Å²) in [6.07, 6.45) is 0. The lowest BCUT2D eigenvalue weighted by atomic mass is 10.1. The summed E-state index contributed by atoms with van der Waals surface area (Å²) in [6.45, 7) is 0. The van der Waals surface area contributed by atoms with E-state index in [0.29, 0.717) is 0 Å². The van der Waals surface area contributed by atoms with Gasteiger partial charge in [-0.1, -0.05) is 66.7 Å². The average Bonchev–Trinajstić information content (AvgIpc) is 2.99. The van der Waals surface area contributed by atoms with Crippen molar-refractivity contribution >= 4 is 32.2 Å². The van der Waals surface area contributed by atoms with Crippen molar-refractivity contribution in [3.05, 3.63) is 84.2 Å². The first-order valence-electron chi connectivity index (χ1n) is 6.30. The van der Waals surface area contributed by atoms with E-state index in [9.17, 15) is 0 Å². The first kappa shape index (κ1) is 11.9. The van der Waals surface area contributed by atoms with Crippen molar-refractivity contribution in [3.63, 3.8) is 0 Å². The Morgan fingerprint density at radius 2 is 1.21 bits per heavy atom. The van der Waals surface area contributed by atoms with Crippen LogP contribution in [0, 0.1) is 0 Å². The molecule has 0 fully saturated rings. The van der Waals surface area contributed by atoms with Crippen molar-refractivity contribution in [1.82, 2.24) is 0 Å². The van der Waals surface area contributed by atoms with Crippen LogP contribution in [0.1, 0.15) is 0 Å². The molecule has 0 saturated carbocycles. The van der Waals surface area contributed by atoms with Crippen molar-refractivity contribution in [2.45, 2.75) is 0 Å². The van der Waals surface area contributed by atoms with Crippen LogP contribution in [0.15, 0.2) is 84.2 Å². The monoisotopic (exact) mass is 262 g/mol. The SMILES string of the molecule is c1ccc2c(c1)ccc1sccc12.c1ccccc1. The third-order valence-corrected chi connectivity index (χ3v) is 3.91. The Labute approximate surface area is 116 Å². The fourth-order valence-corrected chi connectivity index (χ4v) is 2.91. The molecule has 3 aromatic carbocycles. The van der Waals surface area contributed by atoms with E-state index in [0.717, 1.165) is 0 Å². The van der Waals surface area contributed by atoms with E-state index in [1.165, 1.54) is 20.9 Å². The molecule has 0 aliphatic heterocycles. The predicted molar refractivity (Wildman–Crippen MR) is 85.8 cm³/mol. The zero-order chi connectivity index (χ0) is 12.9. The third kappa shape index (κ3) is 2.67. The molecule has 19 heavy (non-hydrogen) atoms. The molecule has 1 heteroatoms. The molecule has 92 valence electrons. The molecule has 0 aliphatic carbocycles. The van der Waals surface area contributed by atoms with E-state index in [2.05, 4.69) is 47.8 Å². The molecule has 0 bridgehead atoms. The maximum absolute atomic E-state index is 2.20. The molecule has 0 spiro atoms. The molecule has 0 unspecified atom stereocenters. The molecule has 1 aromatic heterocycles. The minimum Gasteiger partial charge on any atom is -0.144 e. The minimum atomic E-state index is 1.33. The molecule has 0 atom stereocenters. The molecule has 0 amide bonds. The quantitative estimate of drug-likeness (QED) is 0.379. The maximum atomic E-state index is 2.20. The highest BCUT2D eigenvalue weighted by molar-refractivity contribution is 7.17. The summed E-state index contributed by atoms with van der Waals surface area (Å²) in [4.78, 5) is 0. The van der Waals surface area contributed by atoms with Crippen LogP contribution in [0.3, 0.4) is 0 Å². The van der Waals surface area contributed by atoms with Crippen molar-refractivity contribution in [3.8, 4) is 0 Å². The first-order valence-corrected chi connectivity index (χ1v) is 7.18. The zero-order valence-corrected chi connectivity index (χ0v) is 11.3. The summed E-state index contributed by atoms with van der Waals surface area (Å²) in [5.74, 6) is 0. The van der Waals surface area contributed by atoms with Gasteiger partial charge in [-0.05, 0) is 28.3 Å². The van der Waals surface area contributed by atoms with Crippen molar-refractivity contribution in [2.24, 2.45) is 0 Å². The Morgan fingerprint density at radius 3 is 1.95 bits per heavy atom. The van der Waals surface area contributed by atoms with Crippen LogP contribution in [-0.4, -0.2) is 0 Å². The smallest absolute Gasteiger partial charge is 0.0349 e. The van der Waals surface area contributed by atoms with Crippen molar-refractivity contribution < 1.29 is 0 Å². The van der Waals surface area contributed by atoms with Gasteiger partial charge in [0, 0.05) is 10.1 Å². The Bertz CT molecular complexity index is 742. The fourth-order valence-electron chi connectivity index (χ4n) is 2.11. The van der Waals surface area contributed by atoms with Gasteiger partial charge < -0.3 is 0 Å².